The molecule has 2 aliphatic heterocycles. The van der Waals surface area contributed by atoms with E-state index in [0.717, 1.165) is 25.9 Å². The smallest absolute Gasteiger partial charge is 0.243 e. The van der Waals surface area contributed by atoms with Crippen molar-refractivity contribution >= 4 is 17.7 Å². The van der Waals surface area contributed by atoms with Gasteiger partial charge in [0.05, 0.1) is 12.2 Å². The second-order valence-electron chi connectivity index (χ2n) is 4.64. The van der Waals surface area contributed by atoms with Gasteiger partial charge in [0.25, 0.3) is 0 Å². The van der Waals surface area contributed by atoms with Crippen LogP contribution in [0.1, 0.15) is 33.1 Å². The number of rotatable bonds is 2. The summed E-state index contributed by atoms with van der Waals surface area (Å²) in [5, 5.41) is 3.35. The van der Waals surface area contributed by atoms with Crippen LogP contribution in [0.15, 0.2) is 0 Å². The van der Waals surface area contributed by atoms with E-state index in [4.69, 9.17) is 0 Å². The zero-order valence-corrected chi connectivity index (χ0v) is 10.4. The van der Waals surface area contributed by atoms with Crippen LogP contribution in [0, 0.1) is 0 Å². The van der Waals surface area contributed by atoms with Crippen LogP contribution in [0.4, 0.5) is 0 Å². The maximum atomic E-state index is 12.2. The third-order valence-corrected chi connectivity index (χ3v) is 4.76. The van der Waals surface area contributed by atoms with Crippen molar-refractivity contribution < 1.29 is 4.79 Å². The maximum Gasteiger partial charge on any atom is 0.243 e. The predicted octanol–water partition coefficient (Wildman–Crippen LogP) is 1.44. The highest BCUT2D eigenvalue weighted by atomic mass is 32.2. The van der Waals surface area contributed by atoms with Crippen molar-refractivity contribution in [1.29, 1.82) is 0 Å². The lowest BCUT2D eigenvalue weighted by Gasteiger charge is -2.31. The lowest BCUT2D eigenvalue weighted by atomic mass is 9.98. The summed E-state index contributed by atoms with van der Waals surface area (Å²) >= 11 is 2.01. The second-order valence-corrected chi connectivity index (χ2v) is 5.86. The molecule has 1 N–H and O–H groups in total. The number of amides is 1. The predicted molar refractivity (Wildman–Crippen MR) is 63.9 cm³/mol. The van der Waals surface area contributed by atoms with Crippen molar-refractivity contribution in [1.82, 2.24) is 10.2 Å². The van der Waals surface area contributed by atoms with E-state index in [1.807, 2.05) is 18.7 Å². The van der Waals surface area contributed by atoms with Crippen LogP contribution in [0.2, 0.25) is 0 Å². The van der Waals surface area contributed by atoms with E-state index in [-0.39, 0.29) is 5.54 Å². The summed E-state index contributed by atoms with van der Waals surface area (Å²) in [6.45, 7) is 4.84. The van der Waals surface area contributed by atoms with Gasteiger partial charge in [-0.05, 0) is 37.7 Å². The van der Waals surface area contributed by atoms with E-state index in [9.17, 15) is 4.79 Å². The standard InChI is InChI=1S/C11H20N2OS/c1-3-11(2)10(14)13(8-12-11)9-4-6-15-7-5-9/h9,12H,3-8H2,1-2H3. The summed E-state index contributed by atoms with van der Waals surface area (Å²) in [6.07, 6.45) is 3.21. The van der Waals surface area contributed by atoms with Gasteiger partial charge in [-0.15, -0.1) is 0 Å². The SMILES string of the molecule is CCC1(C)NCN(C2CCSCC2)C1=O. The summed E-state index contributed by atoms with van der Waals surface area (Å²) in [5.41, 5.74) is -0.301. The highest BCUT2D eigenvalue weighted by Gasteiger charge is 2.43. The summed E-state index contributed by atoms with van der Waals surface area (Å²) in [5.74, 6) is 2.72. The average molecular weight is 228 g/mol. The molecule has 1 atom stereocenters. The fraction of sp³-hybridized carbons (Fsp3) is 0.909. The van der Waals surface area contributed by atoms with E-state index < -0.39 is 0 Å². The molecular weight excluding hydrogens is 208 g/mol. The lowest BCUT2D eigenvalue weighted by Crippen LogP contribution is -2.45. The quantitative estimate of drug-likeness (QED) is 0.776. The summed E-state index contributed by atoms with van der Waals surface area (Å²) < 4.78 is 0. The molecule has 86 valence electrons. The van der Waals surface area contributed by atoms with Gasteiger partial charge in [0, 0.05) is 6.04 Å². The Hall–Kier alpha value is -0.220. The summed E-state index contributed by atoms with van der Waals surface area (Å²) in [4.78, 5) is 14.3. The number of carbonyl (C=O) groups is 1. The Bertz CT molecular complexity index is 253. The Morgan fingerprint density at radius 3 is 2.73 bits per heavy atom. The Labute approximate surface area is 96.0 Å². The number of hydrogen-bond donors (Lipinski definition) is 1. The first kappa shape index (κ1) is 11.3. The first-order valence-electron chi connectivity index (χ1n) is 5.81. The number of nitrogens with one attached hydrogen (secondary N) is 1. The Morgan fingerprint density at radius 1 is 1.53 bits per heavy atom. The molecule has 15 heavy (non-hydrogen) atoms. The largest absolute Gasteiger partial charge is 0.325 e. The first-order valence-corrected chi connectivity index (χ1v) is 6.96. The van der Waals surface area contributed by atoms with Crippen molar-refractivity contribution in [3.8, 4) is 0 Å². The lowest BCUT2D eigenvalue weighted by molar-refractivity contribution is -0.134. The van der Waals surface area contributed by atoms with Gasteiger partial charge in [-0.3, -0.25) is 10.1 Å². The summed E-state index contributed by atoms with van der Waals surface area (Å²) in [7, 11) is 0. The van der Waals surface area contributed by atoms with Crippen molar-refractivity contribution in [2.24, 2.45) is 0 Å². The molecule has 2 fully saturated rings. The molecule has 0 aliphatic carbocycles. The molecule has 4 heteroatoms. The number of nitrogens with zero attached hydrogens (tertiary/aromatic N) is 1. The van der Waals surface area contributed by atoms with Crippen LogP contribution in [0.25, 0.3) is 0 Å². The molecule has 1 amide bonds. The maximum absolute atomic E-state index is 12.2. The van der Waals surface area contributed by atoms with E-state index >= 15 is 0 Å². The van der Waals surface area contributed by atoms with E-state index in [2.05, 4.69) is 17.1 Å². The molecule has 0 bridgehead atoms. The Morgan fingerprint density at radius 2 is 2.20 bits per heavy atom. The van der Waals surface area contributed by atoms with Crippen LogP contribution < -0.4 is 5.32 Å². The van der Waals surface area contributed by atoms with E-state index in [1.54, 1.807) is 0 Å². The molecule has 3 nitrogen and oxygen atoms in total. The highest BCUT2D eigenvalue weighted by Crippen LogP contribution is 2.27. The normalized spacial score (nSPS) is 33.7. The first-order chi connectivity index (χ1) is 7.17. The minimum Gasteiger partial charge on any atom is -0.325 e. The van der Waals surface area contributed by atoms with Crippen molar-refractivity contribution in [2.45, 2.75) is 44.7 Å². The number of hydrogen-bond acceptors (Lipinski definition) is 3. The third kappa shape index (κ3) is 2.02. The van der Waals surface area contributed by atoms with Gasteiger partial charge in [-0.1, -0.05) is 6.92 Å². The van der Waals surface area contributed by atoms with Gasteiger partial charge < -0.3 is 4.90 Å². The molecule has 2 rings (SSSR count). The van der Waals surface area contributed by atoms with Crippen LogP contribution in [0.5, 0.6) is 0 Å². The minimum absolute atomic E-state index is 0.301. The van der Waals surface area contributed by atoms with Crippen LogP contribution in [-0.4, -0.2) is 40.6 Å². The minimum atomic E-state index is -0.301. The van der Waals surface area contributed by atoms with Gasteiger partial charge in [0.2, 0.25) is 5.91 Å². The molecule has 0 radical (unpaired) electrons. The average Bonchev–Trinajstić information content (AvgIpc) is 2.58. The molecule has 0 saturated carbocycles. The van der Waals surface area contributed by atoms with Crippen LogP contribution in [-0.2, 0) is 4.79 Å². The van der Waals surface area contributed by atoms with E-state index in [0.29, 0.717) is 11.9 Å². The third-order valence-electron chi connectivity index (χ3n) is 3.71. The molecule has 0 aromatic rings. The van der Waals surface area contributed by atoms with Crippen LogP contribution in [0.3, 0.4) is 0 Å². The van der Waals surface area contributed by atoms with Crippen molar-refractivity contribution in [3.05, 3.63) is 0 Å². The zero-order chi connectivity index (χ0) is 10.9. The Balaban J connectivity index is 2.02. The van der Waals surface area contributed by atoms with Crippen molar-refractivity contribution in [2.75, 3.05) is 18.2 Å². The fourth-order valence-electron chi connectivity index (χ4n) is 2.29. The highest BCUT2D eigenvalue weighted by molar-refractivity contribution is 7.99. The topological polar surface area (TPSA) is 32.3 Å². The van der Waals surface area contributed by atoms with Gasteiger partial charge in [0.1, 0.15) is 0 Å². The van der Waals surface area contributed by atoms with Crippen LogP contribution >= 0.6 is 11.8 Å². The van der Waals surface area contributed by atoms with Gasteiger partial charge in [0.15, 0.2) is 0 Å². The van der Waals surface area contributed by atoms with E-state index in [1.165, 1.54) is 11.5 Å². The zero-order valence-electron chi connectivity index (χ0n) is 9.58. The Kier molecular flexibility index (Phi) is 3.26. The summed E-state index contributed by atoms with van der Waals surface area (Å²) in [6, 6.07) is 0.486. The van der Waals surface area contributed by atoms with Crippen molar-refractivity contribution in [3.63, 3.8) is 0 Å². The molecule has 0 spiro atoms. The number of thioether (sulfide) groups is 1. The molecule has 1 unspecified atom stereocenters. The molecule has 0 aromatic carbocycles. The van der Waals surface area contributed by atoms with Gasteiger partial charge in [-0.25, -0.2) is 0 Å². The monoisotopic (exact) mass is 228 g/mol. The fourth-order valence-corrected chi connectivity index (χ4v) is 3.37. The molecule has 2 saturated heterocycles. The number of carbonyl (C=O) groups excluding carboxylic acids is 1. The van der Waals surface area contributed by atoms with Gasteiger partial charge in [-0.2, -0.15) is 11.8 Å². The molecule has 2 aliphatic rings. The molecule has 0 aromatic heterocycles. The molecule has 2 heterocycles. The second kappa shape index (κ2) is 4.34. The molecular formula is C11H20N2OS. The van der Waals surface area contributed by atoms with Gasteiger partial charge >= 0.3 is 0 Å².